The molecule has 1 aromatic carbocycles. The van der Waals surface area contributed by atoms with Gasteiger partial charge in [-0.15, -0.1) is 0 Å². The lowest BCUT2D eigenvalue weighted by Crippen LogP contribution is -1.88. The third-order valence-electron chi connectivity index (χ3n) is 1.47. The van der Waals surface area contributed by atoms with Gasteiger partial charge in [0.2, 0.25) is 0 Å². The van der Waals surface area contributed by atoms with Gasteiger partial charge in [-0.25, -0.2) is 0 Å². The van der Waals surface area contributed by atoms with Crippen molar-refractivity contribution in [3.05, 3.63) is 42.9 Å². The summed E-state index contributed by atoms with van der Waals surface area (Å²) in [5.74, 6) is 0. The van der Waals surface area contributed by atoms with Gasteiger partial charge in [0.05, 0.1) is 0 Å². The molecule has 1 rings (SSSR count). The summed E-state index contributed by atoms with van der Waals surface area (Å²) in [5, 5.41) is 0. The van der Waals surface area contributed by atoms with E-state index < -0.39 is 0 Å². The zero-order valence-electron chi connectivity index (χ0n) is 5.93. The van der Waals surface area contributed by atoms with Crippen LogP contribution in [-0.2, 0) is 0 Å². The molecule has 0 heterocycles. The molecule has 0 N–H and O–H groups in total. The molecule has 0 aliphatic heterocycles. The smallest absolute Gasteiger partial charge is 0.0474 e. The molecule has 12 heavy (non-hydrogen) atoms. The molecule has 0 atom stereocenters. The summed E-state index contributed by atoms with van der Waals surface area (Å²) in [6, 6.07) is 0. The molecular formula is C8H4Br4. The maximum Gasteiger partial charge on any atom is 0.0474 e. The highest BCUT2D eigenvalue weighted by Crippen LogP contribution is 2.41. The molecule has 0 saturated carbocycles. The van der Waals surface area contributed by atoms with Crippen molar-refractivity contribution in [1.29, 1.82) is 0 Å². The zero-order valence-corrected chi connectivity index (χ0v) is 12.3. The Hall–Kier alpha value is 1.14. The zero-order chi connectivity index (χ0) is 9.46. The molecule has 0 saturated heterocycles. The lowest BCUT2D eigenvalue weighted by Gasteiger charge is -2.10. The Morgan fingerprint density at radius 3 is 1.08 bits per heavy atom. The number of benzene rings is 1. The summed E-state index contributed by atoms with van der Waals surface area (Å²) in [4.78, 5) is 0. The third kappa shape index (κ3) is 1.81. The van der Waals surface area contributed by atoms with E-state index in [2.05, 4.69) is 77.6 Å². The quantitative estimate of drug-likeness (QED) is 0.405. The Bertz CT molecular complexity index is 225. The highest BCUT2D eigenvalue weighted by Gasteiger charge is 2.12. The van der Waals surface area contributed by atoms with Crippen LogP contribution in [0.2, 0.25) is 0 Å². The predicted molar refractivity (Wildman–Crippen MR) is 66.2 cm³/mol. The Kier molecular flexibility index (Phi) is 3.84. The molecule has 0 aliphatic carbocycles. The third-order valence-corrected chi connectivity index (χ3v) is 6.40. The van der Waals surface area contributed by atoms with Gasteiger partial charge in [-0.05, 0) is 88.7 Å². The van der Waals surface area contributed by atoms with E-state index >= 15 is 0 Å². The first kappa shape index (κ1) is 11.2. The fourth-order valence-corrected chi connectivity index (χ4v) is 3.00. The number of hydrogen-bond acceptors (Lipinski definition) is 0. The van der Waals surface area contributed by atoms with E-state index in [9.17, 15) is 0 Å². The minimum absolute atomic E-state index is 0.886. The summed E-state index contributed by atoms with van der Waals surface area (Å²) >= 11 is 13.7. The second-order valence-corrected chi connectivity index (χ2v) is 5.39. The molecule has 2 radical (unpaired) electrons. The van der Waals surface area contributed by atoms with Gasteiger partial charge in [0.1, 0.15) is 0 Å². The van der Waals surface area contributed by atoms with Gasteiger partial charge in [-0.2, -0.15) is 0 Å². The first-order chi connectivity index (χ1) is 5.46. The molecule has 4 heteroatoms. The Balaban J connectivity index is 3.60. The van der Waals surface area contributed by atoms with Gasteiger partial charge in [0.25, 0.3) is 0 Å². The van der Waals surface area contributed by atoms with Crippen molar-refractivity contribution in [2.24, 2.45) is 0 Å². The van der Waals surface area contributed by atoms with Gasteiger partial charge < -0.3 is 0 Å². The summed E-state index contributed by atoms with van der Waals surface area (Å²) in [6.07, 6.45) is 0. The predicted octanol–water partition coefficient (Wildman–Crippen LogP) is 5.10. The van der Waals surface area contributed by atoms with Crippen LogP contribution < -0.4 is 0 Å². The van der Waals surface area contributed by atoms with E-state index in [1.807, 2.05) is 0 Å². The molecule has 0 aliphatic rings. The van der Waals surface area contributed by atoms with Crippen LogP contribution >= 0.6 is 63.7 Å². The van der Waals surface area contributed by atoms with Crippen LogP contribution in [0.25, 0.3) is 0 Å². The van der Waals surface area contributed by atoms with Gasteiger partial charge in [0, 0.05) is 17.9 Å². The minimum Gasteiger partial charge on any atom is -0.0492 e. The fourth-order valence-electron chi connectivity index (χ4n) is 0.723. The molecule has 0 unspecified atom stereocenters. The maximum atomic E-state index is 3.89. The summed E-state index contributed by atoms with van der Waals surface area (Å²) in [6.45, 7) is 7.78. The van der Waals surface area contributed by atoms with Crippen LogP contribution in [0.15, 0.2) is 17.9 Å². The van der Waals surface area contributed by atoms with Crippen LogP contribution in [0.4, 0.5) is 0 Å². The average Bonchev–Trinajstić information content (AvgIpc) is 2.08. The topological polar surface area (TPSA) is 0 Å². The van der Waals surface area contributed by atoms with E-state index in [4.69, 9.17) is 0 Å². The lowest BCUT2D eigenvalue weighted by molar-refractivity contribution is 1.39. The molecule has 0 spiro atoms. The Morgan fingerprint density at radius 2 is 0.833 bits per heavy atom. The van der Waals surface area contributed by atoms with Crippen molar-refractivity contribution in [2.75, 3.05) is 0 Å². The van der Waals surface area contributed by atoms with E-state index in [0.717, 1.165) is 29.0 Å². The van der Waals surface area contributed by atoms with Crippen molar-refractivity contribution in [3.63, 3.8) is 0 Å². The van der Waals surface area contributed by atoms with E-state index in [-0.39, 0.29) is 0 Å². The Morgan fingerprint density at radius 1 is 0.583 bits per heavy atom. The summed E-state index contributed by atoms with van der Waals surface area (Å²) in [7, 11) is 0. The van der Waals surface area contributed by atoms with Crippen molar-refractivity contribution >= 4 is 63.7 Å². The number of hydrogen-bond donors (Lipinski definition) is 0. The van der Waals surface area contributed by atoms with Gasteiger partial charge >= 0.3 is 0 Å². The second kappa shape index (κ2) is 4.11. The number of halogens is 4. The minimum atomic E-state index is 0.886. The van der Waals surface area contributed by atoms with Crippen LogP contribution in [-0.4, -0.2) is 0 Å². The summed E-state index contributed by atoms with van der Waals surface area (Å²) in [5.41, 5.74) is 1.77. The second-order valence-electron chi connectivity index (χ2n) is 2.21. The molecule has 64 valence electrons. The van der Waals surface area contributed by atoms with Crippen molar-refractivity contribution in [1.82, 2.24) is 0 Å². The van der Waals surface area contributed by atoms with E-state index in [1.165, 1.54) is 0 Å². The Labute approximate surface area is 106 Å². The first-order valence-electron chi connectivity index (χ1n) is 2.96. The monoisotopic (exact) mass is 416 g/mol. The van der Waals surface area contributed by atoms with Crippen molar-refractivity contribution in [2.45, 2.75) is 0 Å². The van der Waals surface area contributed by atoms with Gasteiger partial charge in [0.15, 0.2) is 0 Å². The molecule has 0 aromatic heterocycles. The first-order valence-corrected chi connectivity index (χ1v) is 6.14. The number of rotatable bonds is 0. The van der Waals surface area contributed by atoms with E-state index in [0.29, 0.717) is 0 Å². The van der Waals surface area contributed by atoms with Gasteiger partial charge in [-0.3, -0.25) is 0 Å². The molecule has 1 aromatic rings. The molecule has 0 fully saturated rings. The summed E-state index contributed by atoms with van der Waals surface area (Å²) < 4.78 is 3.77. The maximum absolute atomic E-state index is 3.89. The van der Waals surface area contributed by atoms with E-state index in [1.54, 1.807) is 0 Å². The van der Waals surface area contributed by atoms with Crippen LogP contribution in [0.3, 0.4) is 0 Å². The SMILES string of the molecule is [CH2]c1c([CH2])c(Br)c(Br)c(Br)c1Br. The standard InChI is InChI=1S/C8H4Br4/c1-3-4(2)6(10)8(12)7(11)5(3)9/h1-2H2. The normalized spacial score (nSPS) is 10.5. The fraction of sp³-hybridized carbons (Fsp3) is 0. The largest absolute Gasteiger partial charge is 0.0492 e. The molecule has 0 nitrogen and oxygen atoms in total. The van der Waals surface area contributed by atoms with Gasteiger partial charge in [-0.1, -0.05) is 0 Å². The highest BCUT2D eigenvalue weighted by atomic mass is 79.9. The molecular weight excluding hydrogens is 416 g/mol. The van der Waals surface area contributed by atoms with Crippen molar-refractivity contribution < 1.29 is 0 Å². The van der Waals surface area contributed by atoms with Crippen LogP contribution in [0.1, 0.15) is 11.1 Å². The molecule has 0 amide bonds. The lowest BCUT2D eigenvalue weighted by atomic mass is 10.1. The average molecular weight is 420 g/mol. The molecule has 0 bridgehead atoms. The highest BCUT2D eigenvalue weighted by molar-refractivity contribution is 9.15. The van der Waals surface area contributed by atoms with Crippen LogP contribution in [0, 0.1) is 13.8 Å². The van der Waals surface area contributed by atoms with Crippen molar-refractivity contribution in [3.8, 4) is 0 Å². The van der Waals surface area contributed by atoms with Crippen LogP contribution in [0.5, 0.6) is 0 Å².